The molecule has 22 heavy (non-hydrogen) atoms. The average Bonchev–Trinajstić information content (AvgIpc) is 3.05. The molecule has 7 heteroatoms. The number of nitrogens with two attached hydrogens (primary N) is 1. The van der Waals surface area contributed by atoms with E-state index in [-0.39, 0.29) is 6.10 Å². The number of hydrogen-bond acceptors (Lipinski definition) is 7. The van der Waals surface area contributed by atoms with E-state index in [1.165, 1.54) is 0 Å². The smallest absolute Gasteiger partial charge is 0.242 e. The van der Waals surface area contributed by atoms with Crippen LogP contribution in [-0.2, 0) is 9.47 Å². The number of hydrogen-bond donors (Lipinski definition) is 2. The Kier molecular flexibility index (Phi) is 6.67. The van der Waals surface area contributed by atoms with E-state index in [4.69, 9.17) is 19.9 Å². The normalized spacial score (nSPS) is 17.6. The van der Waals surface area contributed by atoms with Crippen molar-refractivity contribution in [3.63, 3.8) is 0 Å². The topological polar surface area (TPSA) is 91.5 Å². The molecule has 1 saturated heterocycles. The first-order valence-electron chi connectivity index (χ1n) is 7.90. The van der Waals surface area contributed by atoms with Gasteiger partial charge in [0.15, 0.2) is 11.6 Å². The Morgan fingerprint density at radius 2 is 2.23 bits per heavy atom. The van der Waals surface area contributed by atoms with Gasteiger partial charge in [-0.1, -0.05) is 13.3 Å². The van der Waals surface area contributed by atoms with Crippen LogP contribution in [0, 0.1) is 0 Å². The predicted octanol–water partition coefficient (Wildman–Crippen LogP) is 2.15. The van der Waals surface area contributed by atoms with Gasteiger partial charge in [0, 0.05) is 20.3 Å². The lowest BCUT2D eigenvalue weighted by atomic mass is 10.2. The van der Waals surface area contributed by atoms with Gasteiger partial charge in [-0.25, -0.2) is 4.98 Å². The van der Waals surface area contributed by atoms with Crippen molar-refractivity contribution in [1.29, 1.82) is 0 Å². The Bertz CT molecular complexity index is 433. The first-order chi connectivity index (χ1) is 10.8. The lowest BCUT2D eigenvalue weighted by Crippen LogP contribution is -2.15. The van der Waals surface area contributed by atoms with Gasteiger partial charge in [0.2, 0.25) is 5.88 Å². The fourth-order valence-corrected chi connectivity index (χ4v) is 2.22. The summed E-state index contributed by atoms with van der Waals surface area (Å²) in [4.78, 5) is 8.97. The van der Waals surface area contributed by atoms with E-state index in [0.29, 0.717) is 43.0 Å². The molecule has 0 aliphatic carbocycles. The highest BCUT2D eigenvalue weighted by Gasteiger charge is 2.23. The van der Waals surface area contributed by atoms with Gasteiger partial charge in [-0.05, 0) is 19.3 Å². The van der Waals surface area contributed by atoms with E-state index in [1.807, 2.05) is 0 Å². The molecule has 0 saturated carbocycles. The van der Waals surface area contributed by atoms with Crippen LogP contribution in [0.3, 0.4) is 0 Å². The zero-order chi connectivity index (χ0) is 15.8. The van der Waals surface area contributed by atoms with E-state index in [2.05, 4.69) is 22.2 Å². The minimum Gasteiger partial charge on any atom is -0.476 e. The van der Waals surface area contributed by atoms with Gasteiger partial charge in [-0.3, -0.25) is 0 Å². The zero-order valence-corrected chi connectivity index (χ0v) is 13.4. The Hall–Kier alpha value is -1.60. The van der Waals surface area contributed by atoms with Crippen molar-refractivity contribution in [2.24, 2.45) is 0 Å². The monoisotopic (exact) mass is 310 g/mol. The Morgan fingerprint density at radius 1 is 1.36 bits per heavy atom. The van der Waals surface area contributed by atoms with Crippen molar-refractivity contribution >= 4 is 11.5 Å². The third-order valence-electron chi connectivity index (χ3n) is 3.48. The molecule has 2 heterocycles. The van der Waals surface area contributed by atoms with Crippen LogP contribution in [0.4, 0.5) is 11.5 Å². The lowest BCUT2D eigenvalue weighted by Gasteiger charge is -2.16. The maximum absolute atomic E-state index is 6.12. The van der Waals surface area contributed by atoms with Gasteiger partial charge in [-0.2, -0.15) is 4.98 Å². The molecule has 1 fully saturated rings. The van der Waals surface area contributed by atoms with E-state index in [0.717, 1.165) is 32.3 Å². The standard InChI is InChI=1S/C15H26N4O3/c1-3-4-8-22-15-12(16)14(17-7-10-20-2)18-13(19-15)11-6-5-9-21-11/h11H,3-10,16H2,1-2H3,(H,17,18,19). The summed E-state index contributed by atoms with van der Waals surface area (Å²) in [5, 5.41) is 3.17. The van der Waals surface area contributed by atoms with Gasteiger partial charge in [0.05, 0.1) is 13.2 Å². The first kappa shape index (κ1) is 16.8. The largest absolute Gasteiger partial charge is 0.476 e. The summed E-state index contributed by atoms with van der Waals surface area (Å²) >= 11 is 0. The number of nitrogens with one attached hydrogen (secondary N) is 1. The highest BCUT2D eigenvalue weighted by atomic mass is 16.5. The summed E-state index contributed by atoms with van der Waals surface area (Å²) in [6, 6.07) is 0. The summed E-state index contributed by atoms with van der Waals surface area (Å²) in [6.45, 7) is 4.65. The molecular formula is C15H26N4O3. The Labute approximate surface area is 131 Å². The van der Waals surface area contributed by atoms with Gasteiger partial charge < -0.3 is 25.3 Å². The number of rotatable bonds is 9. The highest BCUT2D eigenvalue weighted by Crippen LogP contribution is 2.32. The van der Waals surface area contributed by atoms with Crippen LogP contribution >= 0.6 is 0 Å². The molecule has 0 radical (unpaired) electrons. The summed E-state index contributed by atoms with van der Waals surface area (Å²) in [6.07, 6.45) is 3.90. The molecule has 0 aromatic carbocycles. The molecular weight excluding hydrogens is 284 g/mol. The molecule has 1 aliphatic heterocycles. The van der Waals surface area contributed by atoms with Crippen LogP contribution in [0.15, 0.2) is 0 Å². The fraction of sp³-hybridized carbons (Fsp3) is 0.733. The number of methoxy groups -OCH3 is 1. The molecule has 1 unspecified atom stereocenters. The second kappa shape index (κ2) is 8.75. The van der Waals surface area contributed by atoms with E-state index >= 15 is 0 Å². The molecule has 1 atom stereocenters. The zero-order valence-electron chi connectivity index (χ0n) is 13.4. The summed E-state index contributed by atoms with van der Waals surface area (Å²) < 4.78 is 16.4. The lowest BCUT2D eigenvalue weighted by molar-refractivity contribution is 0.104. The quantitative estimate of drug-likeness (QED) is 0.675. The Balaban J connectivity index is 2.17. The Morgan fingerprint density at radius 3 is 2.91 bits per heavy atom. The number of unbranched alkanes of at least 4 members (excludes halogenated alkanes) is 1. The maximum Gasteiger partial charge on any atom is 0.242 e. The summed E-state index contributed by atoms with van der Waals surface area (Å²) in [5.74, 6) is 1.66. The van der Waals surface area contributed by atoms with Crippen LogP contribution in [0.5, 0.6) is 5.88 Å². The van der Waals surface area contributed by atoms with Crippen LogP contribution < -0.4 is 15.8 Å². The maximum atomic E-state index is 6.12. The second-order valence-corrected chi connectivity index (χ2v) is 5.27. The number of nitrogen functional groups attached to an aromatic ring is 1. The van der Waals surface area contributed by atoms with E-state index < -0.39 is 0 Å². The fourth-order valence-electron chi connectivity index (χ4n) is 2.22. The minimum atomic E-state index is -0.0721. The predicted molar refractivity (Wildman–Crippen MR) is 85.1 cm³/mol. The van der Waals surface area contributed by atoms with Crippen LogP contribution in [0.25, 0.3) is 0 Å². The highest BCUT2D eigenvalue weighted by molar-refractivity contribution is 5.67. The van der Waals surface area contributed by atoms with Crippen molar-refractivity contribution in [3.8, 4) is 5.88 Å². The summed E-state index contributed by atoms with van der Waals surface area (Å²) in [5.41, 5.74) is 6.56. The van der Waals surface area contributed by atoms with Crippen molar-refractivity contribution < 1.29 is 14.2 Å². The van der Waals surface area contributed by atoms with Gasteiger partial charge >= 0.3 is 0 Å². The third-order valence-corrected chi connectivity index (χ3v) is 3.48. The van der Waals surface area contributed by atoms with Crippen LogP contribution in [0.2, 0.25) is 0 Å². The number of ether oxygens (including phenoxy) is 3. The van der Waals surface area contributed by atoms with Crippen molar-refractivity contribution in [2.75, 3.05) is 44.5 Å². The van der Waals surface area contributed by atoms with Crippen LogP contribution in [-0.4, -0.2) is 43.4 Å². The van der Waals surface area contributed by atoms with Gasteiger partial charge in [0.25, 0.3) is 0 Å². The number of anilines is 2. The molecule has 0 bridgehead atoms. The minimum absolute atomic E-state index is 0.0721. The van der Waals surface area contributed by atoms with E-state index in [1.54, 1.807) is 7.11 Å². The molecule has 1 aliphatic rings. The van der Waals surface area contributed by atoms with E-state index in [9.17, 15) is 0 Å². The average molecular weight is 310 g/mol. The third kappa shape index (κ3) is 4.45. The first-order valence-corrected chi connectivity index (χ1v) is 7.90. The molecule has 1 aromatic rings. The molecule has 1 aromatic heterocycles. The molecule has 124 valence electrons. The van der Waals surface area contributed by atoms with Crippen molar-refractivity contribution in [1.82, 2.24) is 9.97 Å². The second-order valence-electron chi connectivity index (χ2n) is 5.27. The number of nitrogens with zero attached hydrogens (tertiary/aromatic N) is 2. The SMILES string of the molecule is CCCCOc1nc(C2CCCO2)nc(NCCOC)c1N. The molecule has 2 rings (SSSR count). The van der Waals surface area contributed by atoms with Gasteiger partial charge in [0.1, 0.15) is 11.8 Å². The molecule has 7 nitrogen and oxygen atoms in total. The molecule has 3 N–H and O–H groups in total. The van der Waals surface area contributed by atoms with Crippen LogP contribution in [0.1, 0.15) is 44.5 Å². The van der Waals surface area contributed by atoms with Crippen molar-refractivity contribution in [3.05, 3.63) is 5.82 Å². The summed E-state index contributed by atoms with van der Waals surface area (Å²) in [7, 11) is 1.65. The molecule has 0 spiro atoms. The number of aromatic nitrogens is 2. The van der Waals surface area contributed by atoms with Gasteiger partial charge in [-0.15, -0.1) is 0 Å². The molecule has 0 amide bonds. The van der Waals surface area contributed by atoms with Crippen molar-refractivity contribution in [2.45, 2.75) is 38.7 Å².